The van der Waals surface area contributed by atoms with Crippen LogP contribution in [-0.4, -0.2) is 45.4 Å². The Morgan fingerprint density at radius 3 is 2.56 bits per heavy atom. The van der Waals surface area contributed by atoms with E-state index in [0.29, 0.717) is 5.92 Å². The fraction of sp³-hybridized carbons (Fsp3) is 0.440. The summed E-state index contributed by atoms with van der Waals surface area (Å²) in [5.74, 6) is 2.47. The van der Waals surface area contributed by atoms with Crippen molar-refractivity contribution in [1.29, 1.82) is 0 Å². The van der Waals surface area contributed by atoms with E-state index in [1.807, 2.05) is 11.8 Å². The van der Waals surface area contributed by atoms with Gasteiger partial charge < -0.3 is 9.80 Å². The number of piperidine rings is 1. The lowest BCUT2D eigenvalue weighted by molar-refractivity contribution is 0.0715. The summed E-state index contributed by atoms with van der Waals surface area (Å²) in [7, 11) is 0. The average Bonchev–Trinajstić information content (AvgIpc) is 3.25. The highest BCUT2D eigenvalue weighted by molar-refractivity contribution is 7.11. The fourth-order valence-electron chi connectivity index (χ4n) is 4.84. The van der Waals surface area contributed by atoms with Gasteiger partial charge in [0.2, 0.25) is 0 Å². The third-order valence-electron chi connectivity index (χ3n) is 6.67. The molecule has 1 aromatic carbocycles. The minimum atomic E-state index is 0.111. The summed E-state index contributed by atoms with van der Waals surface area (Å²) in [6, 6.07) is 10.6. The Bertz CT molecular complexity index is 1100. The van der Waals surface area contributed by atoms with Crippen molar-refractivity contribution >= 4 is 23.1 Å². The third kappa shape index (κ3) is 4.13. The van der Waals surface area contributed by atoms with Gasteiger partial charge in [0.25, 0.3) is 5.91 Å². The first-order chi connectivity index (χ1) is 15.6. The van der Waals surface area contributed by atoms with E-state index in [2.05, 4.69) is 47.1 Å². The summed E-state index contributed by atoms with van der Waals surface area (Å²) in [5, 5.41) is 0. The van der Waals surface area contributed by atoms with Crippen molar-refractivity contribution in [2.75, 3.05) is 24.5 Å². The van der Waals surface area contributed by atoms with Crippen molar-refractivity contribution in [2.24, 2.45) is 0 Å². The highest BCUT2D eigenvalue weighted by Crippen LogP contribution is 2.33. The molecular formula is C25H29N5OS. The largest absolute Gasteiger partial charge is 0.352 e. The summed E-state index contributed by atoms with van der Waals surface area (Å²) >= 11 is 1.43. The number of carbonyl (C=O) groups is 1. The molecule has 1 saturated heterocycles. The summed E-state index contributed by atoms with van der Waals surface area (Å²) in [6.45, 7) is 7.43. The molecule has 7 heteroatoms. The lowest BCUT2D eigenvalue weighted by Gasteiger charge is -2.34. The molecule has 0 spiro atoms. The van der Waals surface area contributed by atoms with Crippen molar-refractivity contribution in [3.8, 4) is 0 Å². The molecule has 2 aliphatic heterocycles. The minimum absolute atomic E-state index is 0.111. The molecule has 0 unspecified atom stereocenters. The number of aryl methyl sites for hydroxylation is 2. The van der Waals surface area contributed by atoms with E-state index in [4.69, 9.17) is 9.97 Å². The maximum absolute atomic E-state index is 12.8. The Morgan fingerprint density at radius 1 is 1.06 bits per heavy atom. The van der Waals surface area contributed by atoms with E-state index in [9.17, 15) is 4.79 Å². The van der Waals surface area contributed by atoms with Crippen molar-refractivity contribution in [3.63, 3.8) is 0 Å². The highest BCUT2D eigenvalue weighted by atomic mass is 32.1. The Morgan fingerprint density at radius 2 is 1.84 bits per heavy atom. The zero-order valence-electron chi connectivity index (χ0n) is 18.8. The SMILES string of the molecule is Cc1ncsc1C(=O)N1CCC(c2nc(C)c3c(n2)N(Cc2ccccc2)CCC3)CC1. The van der Waals surface area contributed by atoms with Gasteiger partial charge in [-0.2, -0.15) is 0 Å². The molecular weight excluding hydrogens is 418 g/mol. The first-order valence-electron chi connectivity index (χ1n) is 11.5. The molecule has 1 fully saturated rings. The van der Waals surface area contributed by atoms with Gasteiger partial charge in [-0.1, -0.05) is 30.3 Å². The standard InChI is InChI=1S/C25H29N5OS/c1-17-21-9-6-12-30(15-19-7-4-3-5-8-19)24(21)28-23(27-17)20-10-13-29(14-11-20)25(31)22-18(2)26-16-32-22/h3-5,7-8,16,20H,6,9-15H2,1-2H3. The van der Waals surface area contributed by atoms with Crippen molar-refractivity contribution in [3.05, 3.63) is 69.1 Å². The zero-order valence-corrected chi connectivity index (χ0v) is 19.6. The number of hydrogen-bond acceptors (Lipinski definition) is 6. The molecule has 166 valence electrons. The van der Waals surface area contributed by atoms with Crippen LogP contribution in [0.4, 0.5) is 5.82 Å². The first kappa shape index (κ1) is 21.1. The molecule has 32 heavy (non-hydrogen) atoms. The van der Waals surface area contributed by atoms with Gasteiger partial charge in [-0.15, -0.1) is 11.3 Å². The van der Waals surface area contributed by atoms with Crippen molar-refractivity contribution < 1.29 is 4.79 Å². The Hall–Kier alpha value is -2.80. The first-order valence-corrected chi connectivity index (χ1v) is 12.3. The van der Waals surface area contributed by atoms with Crippen molar-refractivity contribution in [2.45, 2.75) is 52.0 Å². The van der Waals surface area contributed by atoms with Crippen molar-refractivity contribution in [1.82, 2.24) is 19.9 Å². The van der Waals surface area contributed by atoms with Crippen LogP contribution in [0.2, 0.25) is 0 Å². The number of fused-ring (bicyclic) bond motifs is 1. The van der Waals surface area contributed by atoms with Crippen LogP contribution >= 0.6 is 11.3 Å². The van der Waals surface area contributed by atoms with Crippen LogP contribution in [0.15, 0.2) is 35.8 Å². The number of carbonyl (C=O) groups excluding carboxylic acids is 1. The summed E-state index contributed by atoms with van der Waals surface area (Å²) in [5.41, 5.74) is 6.30. The second-order valence-corrected chi connectivity index (χ2v) is 9.67. The molecule has 3 aromatic rings. The quantitative estimate of drug-likeness (QED) is 0.588. The normalized spacial score (nSPS) is 16.8. The zero-order chi connectivity index (χ0) is 22.1. The summed E-state index contributed by atoms with van der Waals surface area (Å²) in [4.78, 5) is 32.3. The molecule has 0 aliphatic carbocycles. The predicted molar refractivity (Wildman–Crippen MR) is 127 cm³/mol. The van der Waals surface area contributed by atoms with Gasteiger partial charge in [-0.05, 0) is 45.1 Å². The number of thiazole rings is 1. The number of rotatable bonds is 4. The van der Waals surface area contributed by atoms with Crippen LogP contribution < -0.4 is 4.90 Å². The highest BCUT2D eigenvalue weighted by Gasteiger charge is 2.30. The predicted octanol–water partition coefficient (Wildman–Crippen LogP) is 4.52. The van der Waals surface area contributed by atoms with E-state index in [1.165, 1.54) is 22.5 Å². The maximum atomic E-state index is 12.8. The molecule has 0 radical (unpaired) electrons. The number of anilines is 1. The Balaban J connectivity index is 1.33. The molecule has 2 aromatic heterocycles. The molecule has 6 nitrogen and oxygen atoms in total. The lowest BCUT2D eigenvalue weighted by atomic mass is 9.94. The topological polar surface area (TPSA) is 62.2 Å². The van der Waals surface area contributed by atoms with Gasteiger partial charge in [0.15, 0.2) is 0 Å². The van der Waals surface area contributed by atoms with Gasteiger partial charge in [0, 0.05) is 43.4 Å². The van der Waals surface area contributed by atoms with Gasteiger partial charge >= 0.3 is 0 Å². The average molecular weight is 448 g/mol. The molecule has 0 bridgehead atoms. The van der Waals surface area contributed by atoms with Crippen LogP contribution in [-0.2, 0) is 13.0 Å². The smallest absolute Gasteiger partial charge is 0.265 e. The minimum Gasteiger partial charge on any atom is -0.352 e. The molecule has 0 atom stereocenters. The second-order valence-electron chi connectivity index (χ2n) is 8.81. The van der Waals surface area contributed by atoms with E-state index in [0.717, 1.165) is 79.8 Å². The molecule has 0 saturated carbocycles. The molecule has 1 amide bonds. The monoisotopic (exact) mass is 447 g/mol. The number of hydrogen-bond donors (Lipinski definition) is 0. The summed E-state index contributed by atoms with van der Waals surface area (Å²) < 4.78 is 0. The Kier molecular flexibility index (Phi) is 5.91. The molecule has 5 rings (SSSR count). The van der Waals surface area contributed by atoms with Crippen LogP contribution in [0.5, 0.6) is 0 Å². The molecule has 4 heterocycles. The van der Waals surface area contributed by atoms with E-state index in [1.54, 1.807) is 5.51 Å². The van der Waals surface area contributed by atoms with Crippen LogP contribution in [0.1, 0.15) is 63.2 Å². The number of benzene rings is 1. The number of amides is 1. The van der Waals surface area contributed by atoms with E-state index >= 15 is 0 Å². The number of nitrogens with zero attached hydrogens (tertiary/aromatic N) is 5. The number of aromatic nitrogens is 3. The van der Waals surface area contributed by atoms with Crippen LogP contribution in [0, 0.1) is 13.8 Å². The van der Waals surface area contributed by atoms with Gasteiger partial charge in [-0.3, -0.25) is 4.79 Å². The second kappa shape index (κ2) is 8.98. The lowest BCUT2D eigenvalue weighted by Crippen LogP contribution is -2.38. The van der Waals surface area contributed by atoms with Crippen LogP contribution in [0.25, 0.3) is 0 Å². The van der Waals surface area contributed by atoms with Gasteiger partial charge in [0.1, 0.15) is 16.5 Å². The van der Waals surface area contributed by atoms with Gasteiger partial charge in [0.05, 0.1) is 11.2 Å². The summed E-state index contributed by atoms with van der Waals surface area (Å²) in [6.07, 6.45) is 4.00. The van der Waals surface area contributed by atoms with E-state index < -0.39 is 0 Å². The van der Waals surface area contributed by atoms with Gasteiger partial charge in [-0.25, -0.2) is 15.0 Å². The van der Waals surface area contributed by atoms with E-state index in [-0.39, 0.29) is 5.91 Å². The maximum Gasteiger partial charge on any atom is 0.265 e. The van der Waals surface area contributed by atoms with Crippen LogP contribution in [0.3, 0.4) is 0 Å². The molecule has 0 N–H and O–H groups in total. The number of likely N-dealkylation sites (tertiary alicyclic amines) is 1. The Labute approximate surface area is 193 Å². The fourth-order valence-corrected chi connectivity index (χ4v) is 5.61. The molecule has 2 aliphatic rings. The third-order valence-corrected chi connectivity index (χ3v) is 7.58.